The molecule has 0 aliphatic carbocycles. The van der Waals surface area contributed by atoms with Gasteiger partial charge in [0.2, 0.25) is 0 Å². The fourth-order valence-electron chi connectivity index (χ4n) is 2.01. The van der Waals surface area contributed by atoms with E-state index in [4.69, 9.17) is 9.47 Å². The predicted octanol–water partition coefficient (Wildman–Crippen LogP) is 1.88. The van der Waals surface area contributed by atoms with Gasteiger partial charge in [0.1, 0.15) is 0 Å². The van der Waals surface area contributed by atoms with Crippen LogP contribution in [0.2, 0.25) is 0 Å². The van der Waals surface area contributed by atoms with E-state index in [2.05, 4.69) is 10.2 Å². The number of carbonyl (C=O) groups excluding carboxylic acids is 2. The van der Waals surface area contributed by atoms with E-state index in [-0.39, 0.29) is 5.57 Å². The van der Waals surface area contributed by atoms with Crippen molar-refractivity contribution in [3.05, 3.63) is 41.6 Å². The molecule has 1 fully saturated rings. The van der Waals surface area contributed by atoms with E-state index in [1.165, 1.54) is 25.6 Å². The zero-order valence-electron chi connectivity index (χ0n) is 13.2. The monoisotopic (exact) mass is 304 g/mol. The molecule has 0 atom stereocenters. The highest BCUT2D eigenvalue weighted by Crippen LogP contribution is 2.22. The standard InChI is InChI=1S/C16H20N2O4/c1-16(2)21-14(19)13(15(20)22-16)9-17-12-7-5-11(6-8-12)10-18(3)4/h5-9,17H,10H2,1-4H3. The van der Waals surface area contributed by atoms with Crippen molar-refractivity contribution in [2.75, 3.05) is 19.4 Å². The second-order valence-electron chi connectivity index (χ2n) is 5.82. The Morgan fingerprint density at radius 1 is 1.09 bits per heavy atom. The van der Waals surface area contributed by atoms with Crippen LogP contribution in [0.3, 0.4) is 0 Å². The normalized spacial score (nSPS) is 17.0. The molecule has 0 bridgehead atoms. The van der Waals surface area contributed by atoms with Crippen LogP contribution in [0.15, 0.2) is 36.0 Å². The number of esters is 2. The van der Waals surface area contributed by atoms with Crippen LogP contribution in [0.4, 0.5) is 5.69 Å². The number of carbonyl (C=O) groups is 2. The Labute approximate surface area is 129 Å². The van der Waals surface area contributed by atoms with Gasteiger partial charge in [-0.05, 0) is 31.8 Å². The van der Waals surface area contributed by atoms with Crippen molar-refractivity contribution in [3.63, 3.8) is 0 Å². The SMILES string of the molecule is CN(C)Cc1ccc(NC=C2C(=O)OC(C)(C)OC2=O)cc1. The zero-order chi connectivity index (χ0) is 16.3. The molecule has 0 aromatic heterocycles. The van der Waals surface area contributed by atoms with Gasteiger partial charge in [-0.3, -0.25) is 0 Å². The molecule has 1 aromatic carbocycles. The van der Waals surface area contributed by atoms with Crippen LogP contribution in [0.25, 0.3) is 0 Å². The minimum absolute atomic E-state index is 0.156. The Hall–Kier alpha value is -2.34. The summed E-state index contributed by atoms with van der Waals surface area (Å²) >= 11 is 0. The average Bonchev–Trinajstić information content (AvgIpc) is 2.37. The van der Waals surface area contributed by atoms with Gasteiger partial charge in [0.05, 0.1) is 0 Å². The van der Waals surface area contributed by atoms with Crippen molar-refractivity contribution in [2.45, 2.75) is 26.2 Å². The predicted molar refractivity (Wildman–Crippen MR) is 81.8 cm³/mol. The van der Waals surface area contributed by atoms with Gasteiger partial charge in [0, 0.05) is 32.3 Å². The zero-order valence-corrected chi connectivity index (χ0v) is 13.2. The molecule has 0 amide bonds. The highest BCUT2D eigenvalue weighted by molar-refractivity contribution is 6.15. The highest BCUT2D eigenvalue weighted by atomic mass is 16.7. The summed E-state index contributed by atoms with van der Waals surface area (Å²) in [4.78, 5) is 25.6. The second kappa shape index (κ2) is 6.19. The first-order valence-corrected chi connectivity index (χ1v) is 6.94. The van der Waals surface area contributed by atoms with Gasteiger partial charge >= 0.3 is 11.9 Å². The van der Waals surface area contributed by atoms with Crippen molar-refractivity contribution in [3.8, 4) is 0 Å². The van der Waals surface area contributed by atoms with Crippen LogP contribution in [0.1, 0.15) is 19.4 Å². The number of hydrogen-bond donors (Lipinski definition) is 1. The first-order valence-electron chi connectivity index (χ1n) is 6.94. The number of nitrogens with one attached hydrogen (secondary N) is 1. The Morgan fingerprint density at radius 2 is 1.64 bits per heavy atom. The molecule has 118 valence electrons. The number of hydrogen-bond acceptors (Lipinski definition) is 6. The summed E-state index contributed by atoms with van der Waals surface area (Å²) in [6.07, 6.45) is 1.31. The fourth-order valence-corrected chi connectivity index (χ4v) is 2.01. The average molecular weight is 304 g/mol. The first kappa shape index (κ1) is 16.0. The molecule has 0 saturated carbocycles. The Morgan fingerprint density at radius 3 is 2.14 bits per heavy atom. The molecular formula is C16H20N2O4. The molecule has 0 spiro atoms. The van der Waals surface area contributed by atoms with Gasteiger partial charge in [-0.1, -0.05) is 12.1 Å². The molecule has 6 heteroatoms. The van der Waals surface area contributed by atoms with Gasteiger partial charge in [0.15, 0.2) is 5.57 Å². The third-order valence-corrected chi connectivity index (χ3v) is 2.95. The fraction of sp³-hybridized carbons (Fsp3) is 0.375. The van der Waals surface area contributed by atoms with Crippen molar-refractivity contribution < 1.29 is 19.1 Å². The molecule has 1 saturated heterocycles. The Balaban J connectivity index is 2.05. The first-order chi connectivity index (χ1) is 10.3. The summed E-state index contributed by atoms with van der Waals surface area (Å²) in [5, 5.41) is 2.91. The lowest BCUT2D eigenvalue weighted by Gasteiger charge is -2.29. The topological polar surface area (TPSA) is 67.9 Å². The van der Waals surface area contributed by atoms with E-state index in [0.29, 0.717) is 0 Å². The van der Waals surface area contributed by atoms with Crippen LogP contribution in [0, 0.1) is 0 Å². The van der Waals surface area contributed by atoms with Crippen LogP contribution >= 0.6 is 0 Å². The number of rotatable bonds is 4. The third-order valence-electron chi connectivity index (χ3n) is 2.95. The smallest absolute Gasteiger partial charge is 0.350 e. The lowest BCUT2D eigenvalue weighted by Crippen LogP contribution is -2.42. The molecule has 1 aliphatic rings. The molecule has 6 nitrogen and oxygen atoms in total. The maximum Gasteiger partial charge on any atom is 0.350 e. The van der Waals surface area contributed by atoms with Gasteiger partial charge in [-0.15, -0.1) is 0 Å². The summed E-state index contributed by atoms with van der Waals surface area (Å²) in [5.74, 6) is -2.62. The Bertz CT molecular complexity index is 581. The van der Waals surface area contributed by atoms with Gasteiger partial charge in [-0.2, -0.15) is 0 Å². The minimum atomic E-state index is -1.22. The number of cyclic esters (lactones) is 2. The van der Waals surface area contributed by atoms with Gasteiger partial charge < -0.3 is 19.7 Å². The molecule has 22 heavy (non-hydrogen) atoms. The van der Waals surface area contributed by atoms with Crippen molar-refractivity contribution >= 4 is 17.6 Å². The number of ether oxygens (including phenoxy) is 2. The summed E-state index contributed by atoms with van der Waals surface area (Å²) in [6.45, 7) is 3.86. The van der Waals surface area contributed by atoms with Crippen LogP contribution in [-0.2, 0) is 25.6 Å². The number of benzene rings is 1. The molecule has 1 N–H and O–H groups in total. The molecular weight excluding hydrogens is 284 g/mol. The van der Waals surface area contributed by atoms with E-state index in [1.54, 1.807) is 0 Å². The van der Waals surface area contributed by atoms with E-state index >= 15 is 0 Å². The highest BCUT2D eigenvalue weighted by Gasteiger charge is 2.38. The summed E-state index contributed by atoms with van der Waals surface area (Å²) in [7, 11) is 4.00. The van der Waals surface area contributed by atoms with Crippen molar-refractivity contribution in [1.29, 1.82) is 0 Å². The largest absolute Gasteiger partial charge is 0.419 e. The lowest BCUT2D eigenvalue weighted by atomic mass is 10.2. The molecule has 0 radical (unpaired) electrons. The minimum Gasteiger partial charge on any atom is -0.419 e. The maximum atomic E-state index is 11.8. The molecule has 0 unspecified atom stereocenters. The van der Waals surface area contributed by atoms with Crippen LogP contribution < -0.4 is 5.32 Å². The van der Waals surface area contributed by atoms with Gasteiger partial charge in [-0.25, -0.2) is 9.59 Å². The molecule has 1 aromatic rings. The number of nitrogens with zero attached hydrogens (tertiary/aromatic N) is 1. The lowest BCUT2D eigenvalue weighted by molar-refractivity contribution is -0.222. The Kier molecular flexibility index (Phi) is 4.51. The van der Waals surface area contributed by atoms with Crippen molar-refractivity contribution in [1.82, 2.24) is 4.90 Å². The molecule has 1 heterocycles. The van der Waals surface area contributed by atoms with Gasteiger partial charge in [0.25, 0.3) is 5.79 Å². The molecule has 2 rings (SSSR count). The third kappa shape index (κ3) is 4.08. The quantitative estimate of drug-likeness (QED) is 0.520. The van der Waals surface area contributed by atoms with Crippen molar-refractivity contribution in [2.24, 2.45) is 0 Å². The summed E-state index contributed by atoms with van der Waals surface area (Å²) in [5.41, 5.74) is 1.78. The van der Waals surface area contributed by atoms with E-state index in [9.17, 15) is 9.59 Å². The van der Waals surface area contributed by atoms with E-state index in [0.717, 1.165) is 12.2 Å². The van der Waals surface area contributed by atoms with Crippen LogP contribution in [-0.4, -0.2) is 36.7 Å². The number of anilines is 1. The summed E-state index contributed by atoms with van der Waals surface area (Å²) in [6, 6.07) is 7.70. The van der Waals surface area contributed by atoms with E-state index < -0.39 is 17.7 Å². The molecule has 1 aliphatic heterocycles. The van der Waals surface area contributed by atoms with Crippen LogP contribution in [0.5, 0.6) is 0 Å². The maximum absolute atomic E-state index is 11.8. The summed E-state index contributed by atoms with van der Waals surface area (Å²) < 4.78 is 10.0. The second-order valence-corrected chi connectivity index (χ2v) is 5.82. The van der Waals surface area contributed by atoms with E-state index in [1.807, 2.05) is 38.4 Å².